The molecule has 0 aromatic rings. The fourth-order valence-electron chi connectivity index (χ4n) is 5.11. The second-order valence-electron chi connectivity index (χ2n) is 6.94. The highest BCUT2D eigenvalue weighted by Crippen LogP contribution is 2.70. The summed E-state index contributed by atoms with van der Waals surface area (Å²) >= 11 is 0. The Kier molecular flexibility index (Phi) is 2.10. The zero-order valence-electron chi connectivity index (χ0n) is 10.8. The van der Waals surface area contributed by atoms with Crippen LogP contribution in [0.1, 0.15) is 46.0 Å². The van der Waals surface area contributed by atoms with E-state index in [0.29, 0.717) is 11.8 Å². The van der Waals surface area contributed by atoms with Crippen molar-refractivity contribution in [3.63, 3.8) is 0 Å². The lowest BCUT2D eigenvalue weighted by molar-refractivity contribution is -0.146. The molecule has 17 heavy (non-hydrogen) atoms. The normalized spacial score (nSPS) is 46.9. The van der Waals surface area contributed by atoms with Crippen LogP contribution in [0.25, 0.3) is 0 Å². The van der Waals surface area contributed by atoms with Gasteiger partial charge >= 0.3 is 5.97 Å². The predicted molar refractivity (Wildman–Crippen MR) is 66.5 cm³/mol. The minimum absolute atomic E-state index is 0.0725. The fraction of sp³-hybridized carbons (Fsp3) is 0.800. The summed E-state index contributed by atoms with van der Waals surface area (Å²) in [6.07, 6.45) is 5.35. The van der Waals surface area contributed by atoms with Crippen LogP contribution in [0.4, 0.5) is 0 Å². The Bertz CT molecular complexity index is 396. The zero-order valence-corrected chi connectivity index (χ0v) is 10.8. The number of carboxylic acids is 1. The topological polar surface area (TPSA) is 37.3 Å². The third-order valence-electron chi connectivity index (χ3n) is 6.28. The third-order valence-corrected chi connectivity index (χ3v) is 6.28. The van der Waals surface area contributed by atoms with Gasteiger partial charge in [-0.1, -0.05) is 26.0 Å². The molecule has 0 saturated heterocycles. The van der Waals surface area contributed by atoms with Gasteiger partial charge in [0.1, 0.15) is 0 Å². The van der Waals surface area contributed by atoms with Crippen LogP contribution in [0.15, 0.2) is 12.2 Å². The molecule has 3 saturated carbocycles. The van der Waals surface area contributed by atoms with Gasteiger partial charge in [0.2, 0.25) is 0 Å². The lowest BCUT2D eigenvalue weighted by Gasteiger charge is -2.48. The van der Waals surface area contributed by atoms with Crippen LogP contribution < -0.4 is 0 Å². The van der Waals surface area contributed by atoms with Crippen molar-refractivity contribution in [1.29, 1.82) is 0 Å². The number of fused-ring (bicyclic) bond motifs is 1. The molecule has 0 heterocycles. The summed E-state index contributed by atoms with van der Waals surface area (Å²) in [5.41, 5.74) is 1.64. The Morgan fingerprint density at radius 3 is 2.71 bits per heavy atom. The zero-order chi connectivity index (χ0) is 12.4. The summed E-state index contributed by atoms with van der Waals surface area (Å²) in [4.78, 5) is 11.5. The van der Waals surface area contributed by atoms with E-state index in [0.717, 1.165) is 25.7 Å². The number of hydrogen-bond donors (Lipinski definition) is 1. The maximum atomic E-state index is 11.5. The number of carbonyl (C=O) groups is 1. The molecule has 0 radical (unpaired) electrons. The summed E-state index contributed by atoms with van der Waals surface area (Å²) in [5.74, 6) is 0.453. The number of allylic oxidation sites excluding steroid dienone is 1. The first-order valence-corrected chi connectivity index (χ1v) is 6.81. The Balaban J connectivity index is 2.05. The van der Waals surface area contributed by atoms with Gasteiger partial charge in [-0.25, -0.2) is 0 Å². The van der Waals surface area contributed by atoms with Crippen LogP contribution in [-0.2, 0) is 4.79 Å². The number of rotatable bonds is 1. The van der Waals surface area contributed by atoms with Crippen LogP contribution in [0.2, 0.25) is 0 Å². The first-order valence-electron chi connectivity index (χ1n) is 6.81. The Hall–Kier alpha value is -0.790. The summed E-state index contributed by atoms with van der Waals surface area (Å²) in [6, 6.07) is 0. The van der Waals surface area contributed by atoms with Crippen LogP contribution in [0, 0.1) is 28.6 Å². The lowest BCUT2D eigenvalue weighted by atomic mass is 9.56. The van der Waals surface area contributed by atoms with Crippen LogP contribution in [0.3, 0.4) is 0 Å². The van der Waals surface area contributed by atoms with E-state index in [4.69, 9.17) is 0 Å². The Morgan fingerprint density at radius 1 is 1.35 bits per heavy atom. The van der Waals surface area contributed by atoms with Crippen molar-refractivity contribution in [1.82, 2.24) is 0 Å². The van der Waals surface area contributed by atoms with Crippen molar-refractivity contribution < 1.29 is 9.90 Å². The van der Waals surface area contributed by atoms with Crippen molar-refractivity contribution in [2.24, 2.45) is 28.6 Å². The van der Waals surface area contributed by atoms with Gasteiger partial charge in [-0.05, 0) is 54.8 Å². The first kappa shape index (κ1) is 11.3. The van der Waals surface area contributed by atoms with Crippen molar-refractivity contribution in [3.05, 3.63) is 12.2 Å². The molecule has 4 atom stereocenters. The van der Waals surface area contributed by atoms with Crippen LogP contribution in [-0.4, -0.2) is 11.1 Å². The van der Waals surface area contributed by atoms with Crippen LogP contribution >= 0.6 is 0 Å². The molecule has 2 bridgehead atoms. The van der Waals surface area contributed by atoms with Gasteiger partial charge in [0.25, 0.3) is 0 Å². The molecule has 1 spiro atoms. The van der Waals surface area contributed by atoms with Gasteiger partial charge in [0.15, 0.2) is 0 Å². The predicted octanol–water partition coefficient (Wildman–Crippen LogP) is 3.48. The third kappa shape index (κ3) is 1.19. The summed E-state index contributed by atoms with van der Waals surface area (Å²) in [7, 11) is 0. The van der Waals surface area contributed by atoms with Crippen molar-refractivity contribution in [2.45, 2.75) is 46.0 Å². The first-order chi connectivity index (χ1) is 7.89. The summed E-state index contributed by atoms with van der Waals surface area (Å²) in [5, 5.41) is 9.45. The number of carboxylic acid groups (broad SMARTS) is 1. The molecule has 3 rings (SSSR count). The van der Waals surface area contributed by atoms with Crippen LogP contribution in [0.5, 0.6) is 0 Å². The van der Waals surface area contributed by atoms with Gasteiger partial charge < -0.3 is 5.11 Å². The van der Waals surface area contributed by atoms with Gasteiger partial charge in [0, 0.05) is 0 Å². The molecule has 2 heteroatoms. The lowest BCUT2D eigenvalue weighted by Crippen LogP contribution is -2.42. The van der Waals surface area contributed by atoms with Crippen molar-refractivity contribution in [3.8, 4) is 0 Å². The smallest absolute Gasteiger partial charge is 0.307 e. The van der Waals surface area contributed by atoms with Crippen molar-refractivity contribution in [2.75, 3.05) is 0 Å². The Morgan fingerprint density at radius 2 is 2.06 bits per heavy atom. The van der Waals surface area contributed by atoms with E-state index in [9.17, 15) is 9.90 Å². The van der Waals surface area contributed by atoms with E-state index in [2.05, 4.69) is 20.4 Å². The molecule has 3 aliphatic rings. The maximum Gasteiger partial charge on any atom is 0.307 e. The largest absolute Gasteiger partial charge is 0.481 e. The molecule has 3 aliphatic carbocycles. The van der Waals surface area contributed by atoms with Gasteiger partial charge in [-0.2, -0.15) is 0 Å². The molecule has 3 fully saturated rings. The molecular weight excluding hydrogens is 212 g/mol. The fourth-order valence-corrected chi connectivity index (χ4v) is 5.11. The summed E-state index contributed by atoms with van der Waals surface area (Å²) in [6.45, 7) is 8.96. The van der Waals surface area contributed by atoms with E-state index >= 15 is 0 Å². The second kappa shape index (κ2) is 3.15. The average molecular weight is 234 g/mol. The molecule has 0 aromatic heterocycles. The number of aliphatic carboxylic acids is 1. The minimum atomic E-state index is -0.569. The molecule has 94 valence electrons. The van der Waals surface area contributed by atoms with Gasteiger partial charge in [-0.15, -0.1) is 0 Å². The minimum Gasteiger partial charge on any atom is -0.481 e. The molecule has 2 nitrogen and oxygen atoms in total. The molecule has 0 amide bonds. The van der Waals surface area contributed by atoms with E-state index in [-0.39, 0.29) is 16.7 Å². The molecule has 1 N–H and O–H groups in total. The van der Waals surface area contributed by atoms with Gasteiger partial charge in [-0.3, -0.25) is 4.79 Å². The van der Waals surface area contributed by atoms with E-state index in [1.54, 1.807) is 0 Å². The average Bonchev–Trinajstić information content (AvgIpc) is 2.81. The maximum absolute atomic E-state index is 11.5. The molecule has 0 aliphatic heterocycles. The molecule has 0 aromatic carbocycles. The van der Waals surface area contributed by atoms with Gasteiger partial charge in [0.05, 0.1) is 5.92 Å². The highest BCUT2D eigenvalue weighted by Gasteiger charge is 2.63. The van der Waals surface area contributed by atoms with E-state index in [1.807, 2.05) is 0 Å². The SMILES string of the molecule is C=C1[C@H]2CC[C@@H](C(=O)O)[C@]23CC[C@H](C3)C1(C)C. The standard InChI is InChI=1S/C15H22O2/c1-9-11-4-5-12(13(16)17)15(11)7-6-10(8-15)14(9,2)3/h10-12H,1,4-8H2,2-3H3,(H,16,17)/t10-,11-,12+,15+/m1/s1. The monoisotopic (exact) mass is 234 g/mol. The van der Waals surface area contributed by atoms with Crippen molar-refractivity contribution >= 4 is 5.97 Å². The molecule has 0 unspecified atom stereocenters. The second-order valence-corrected chi connectivity index (χ2v) is 6.94. The summed E-state index contributed by atoms with van der Waals surface area (Å²) < 4.78 is 0. The van der Waals surface area contributed by atoms with E-state index < -0.39 is 5.97 Å². The Labute approximate surface area is 103 Å². The quantitative estimate of drug-likeness (QED) is 0.705. The van der Waals surface area contributed by atoms with E-state index in [1.165, 1.54) is 12.0 Å². The highest BCUT2D eigenvalue weighted by molar-refractivity contribution is 5.72. The highest BCUT2D eigenvalue weighted by atomic mass is 16.4. The number of hydrogen-bond acceptors (Lipinski definition) is 1. The molecular formula is C15H22O2.